The third-order valence-corrected chi connectivity index (χ3v) is 5.94. The number of rotatable bonds is 7. The topological polar surface area (TPSA) is 126 Å². The van der Waals surface area contributed by atoms with E-state index in [1.807, 2.05) is 25.1 Å². The fourth-order valence-corrected chi connectivity index (χ4v) is 3.88. The highest BCUT2D eigenvalue weighted by Gasteiger charge is 2.18. The standard InChI is InChI=1S/C28H22N4O5S/c1-18-6-4-7-20(16-18)30-25(33)22-8-2-3-9-23(22)31-26(34)27(35)32-29-17-19-11-13-21(14-12-19)37-28(36)24-10-5-15-38-24/h2-17H,1H3,(H,30,33)(H,31,34)(H,32,35)/b29-17+. The maximum atomic E-state index is 12.8. The van der Waals surface area contributed by atoms with Gasteiger partial charge in [0.05, 0.1) is 17.5 Å². The maximum Gasteiger partial charge on any atom is 0.353 e. The van der Waals surface area contributed by atoms with Crippen LogP contribution in [0.3, 0.4) is 0 Å². The van der Waals surface area contributed by atoms with Gasteiger partial charge in [0, 0.05) is 5.69 Å². The van der Waals surface area contributed by atoms with Gasteiger partial charge in [-0.2, -0.15) is 5.10 Å². The molecule has 3 aromatic carbocycles. The molecule has 0 saturated heterocycles. The maximum absolute atomic E-state index is 12.8. The van der Waals surface area contributed by atoms with Crippen molar-refractivity contribution in [1.29, 1.82) is 0 Å². The molecule has 3 amide bonds. The van der Waals surface area contributed by atoms with E-state index in [1.165, 1.54) is 29.7 Å². The van der Waals surface area contributed by atoms with Gasteiger partial charge in [0.1, 0.15) is 10.6 Å². The lowest BCUT2D eigenvalue weighted by molar-refractivity contribution is -0.136. The van der Waals surface area contributed by atoms with Gasteiger partial charge in [0.25, 0.3) is 5.91 Å². The Hall–Kier alpha value is -5.09. The molecular weight excluding hydrogens is 504 g/mol. The van der Waals surface area contributed by atoms with Crippen LogP contribution < -0.4 is 20.8 Å². The first-order valence-corrected chi connectivity index (χ1v) is 12.2. The van der Waals surface area contributed by atoms with E-state index in [4.69, 9.17) is 4.74 Å². The molecule has 0 spiro atoms. The third kappa shape index (κ3) is 6.99. The van der Waals surface area contributed by atoms with Crippen molar-refractivity contribution in [3.63, 3.8) is 0 Å². The molecule has 3 N–H and O–H groups in total. The van der Waals surface area contributed by atoms with Crippen molar-refractivity contribution in [1.82, 2.24) is 5.43 Å². The number of thiophene rings is 1. The van der Waals surface area contributed by atoms with Crippen LogP contribution in [0.5, 0.6) is 5.75 Å². The monoisotopic (exact) mass is 526 g/mol. The lowest BCUT2D eigenvalue weighted by atomic mass is 10.1. The fourth-order valence-electron chi connectivity index (χ4n) is 3.28. The predicted molar refractivity (Wildman–Crippen MR) is 146 cm³/mol. The van der Waals surface area contributed by atoms with Crippen molar-refractivity contribution in [2.45, 2.75) is 6.92 Å². The van der Waals surface area contributed by atoms with Crippen LogP contribution in [0, 0.1) is 6.92 Å². The van der Waals surface area contributed by atoms with E-state index >= 15 is 0 Å². The average Bonchev–Trinajstić information content (AvgIpc) is 3.45. The van der Waals surface area contributed by atoms with Gasteiger partial charge in [-0.15, -0.1) is 11.3 Å². The molecular formula is C28H22N4O5S. The van der Waals surface area contributed by atoms with Crippen molar-refractivity contribution in [3.8, 4) is 5.75 Å². The van der Waals surface area contributed by atoms with Crippen LogP contribution in [0.2, 0.25) is 0 Å². The van der Waals surface area contributed by atoms with Gasteiger partial charge in [0.2, 0.25) is 0 Å². The summed E-state index contributed by atoms with van der Waals surface area (Å²) in [5.41, 5.74) is 4.70. The Bertz CT molecular complexity index is 1500. The highest BCUT2D eigenvalue weighted by molar-refractivity contribution is 7.12. The first-order valence-electron chi connectivity index (χ1n) is 11.4. The van der Waals surface area contributed by atoms with E-state index < -0.39 is 23.7 Å². The Kier molecular flexibility index (Phi) is 8.37. The van der Waals surface area contributed by atoms with Gasteiger partial charge in [-0.05, 0) is 78.0 Å². The Morgan fingerprint density at radius 1 is 0.842 bits per heavy atom. The minimum Gasteiger partial charge on any atom is -0.422 e. The minimum absolute atomic E-state index is 0.175. The molecule has 4 aromatic rings. The number of aryl methyl sites for hydroxylation is 1. The fraction of sp³-hybridized carbons (Fsp3) is 0.0357. The Balaban J connectivity index is 1.31. The smallest absolute Gasteiger partial charge is 0.353 e. The summed E-state index contributed by atoms with van der Waals surface area (Å²) in [5, 5.41) is 10.8. The third-order valence-electron chi connectivity index (χ3n) is 5.09. The number of anilines is 2. The number of hydrogen-bond acceptors (Lipinski definition) is 7. The zero-order valence-electron chi connectivity index (χ0n) is 20.1. The van der Waals surface area contributed by atoms with Crippen LogP contribution in [0.1, 0.15) is 31.2 Å². The molecule has 0 aliphatic heterocycles. The number of hydrogen-bond donors (Lipinski definition) is 3. The molecule has 4 rings (SSSR count). The van der Waals surface area contributed by atoms with Gasteiger partial charge in [0.15, 0.2) is 0 Å². The first kappa shape index (κ1) is 26.0. The molecule has 0 aliphatic carbocycles. The largest absolute Gasteiger partial charge is 0.422 e. The normalized spacial score (nSPS) is 10.6. The summed E-state index contributed by atoms with van der Waals surface area (Å²) < 4.78 is 5.29. The summed E-state index contributed by atoms with van der Waals surface area (Å²) in [7, 11) is 0. The van der Waals surface area contributed by atoms with Crippen LogP contribution in [-0.2, 0) is 9.59 Å². The summed E-state index contributed by atoms with van der Waals surface area (Å²) in [5.74, 6) is -2.54. The van der Waals surface area contributed by atoms with Gasteiger partial charge in [-0.25, -0.2) is 10.2 Å². The molecule has 0 fully saturated rings. The van der Waals surface area contributed by atoms with E-state index in [9.17, 15) is 19.2 Å². The SMILES string of the molecule is Cc1cccc(NC(=O)c2ccccc2NC(=O)C(=O)N/N=C/c2ccc(OC(=O)c3cccs3)cc2)c1. The number of benzene rings is 3. The lowest BCUT2D eigenvalue weighted by Gasteiger charge is -2.11. The molecule has 0 unspecified atom stereocenters. The molecule has 10 heteroatoms. The summed E-state index contributed by atoms with van der Waals surface area (Å²) in [6.45, 7) is 1.91. The van der Waals surface area contributed by atoms with Gasteiger partial charge >= 0.3 is 17.8 Å². The minimum atomic E-state index is -1.02. The van der Waals surface area contributed by atoms with Crippen molar-refractivity contribution in [3.05, 3.63) is 112 Å². The number of ether oxygens (including phenoxy) is 1. The van der Waals surface area contributed by atoms with Crippen molar-refractivity contribution >= 4 is 52.6 Å². The molecule has 0 aliphatic rings. The van der Waals surface area contributed by atoms with E-state index in [-0.39, 0.29) is 11.3 Å². The summed E-state index contributed by atoms with van der Waals surface area (Å²) in [4.78, 5) is 49.9. The molecule has 1 aromatic heterocycles. The highest BCUT2D eigenvalue weighted by atomic mass is 32.1. The van der Waals surface area contributed by atoms with Crippen molar-refractivity contribution in [2.24, 2.45) is 5.10 Å². The lowest BCUT2D eigenvalue weighted by Crippen LogP contribution is -2.33. The van der Waals surface area contributed by atoms with E-state index in [2.05, 4.69) is 21.2 Å². The van der Waals surface area contributed by atoms with Crippen LogP contribution >= 0.6 is 11.3 Å². The first-order chi connectivity index (χ1) is 18.4. The van der Waals surface area contributed by atoms with E-state index in [0.29, 0.717) is 21.9 Å². The number of carbonyl (C=O) groups excluding carboxylic acids is 4. The molecule has 190 valence electrons. The number of nitrogens with zero attached hydrogens (tertiary/aromatic N) is 1. The van der Waals surface area contributed by atoms with Crippen LogP contribution in [-0.4, -0.2) is 29.9 Å². The Labute approximate surface area is 222 Å². The number of amides is 3. The van der Waals surface area contributed by atoms with Crippen molar-refractivity contribution in [2.75, 3.05) is 10.6 Å². The van der Waals surface area contributed by atoms with Gasteiger partial charge < -0.3 is 15.4 Å². The van der Waals surface area contributed by atoms with Crippen molar-refractivity contribution < 1.29 is 23.9 Å². The second-order valence-corrected chi connectivity index (χ2v) is 8.91. The molecule has 0 saturated carbocycles. The van der Waals surface area contributed by atoms with Crippen LogP contribution in [0.4, 0.5) is 11.4 Å². The molecule has 0 radical (unpaired) electrons. The summed E-state index contributed by atoms with van der Waals surface area (Å²) in [6.07, 6.45) is 1.33. The molecule has 0 atom stereocenters. The van der Waals surface area contributed by atoms with E-state index in [0.717, 1.165) is 5.56 Å². The number of hydrazone groups is 1. The summed E-state index contributed by atoms with van der Waals surface area (Å²) >= 11 is 1.28. The zero-order valence-corrected chi connectivity index (χ0v) is 21.0. The second kappa shape index (κ2) is 12.2. The predicted octanol–water partition coefficient (Wildman–Crippen LogP) is 4.62. The number of carbonyl (C=O) groups is 4. The van der Waals surface area contributed by atoms with E-state index in [1.54, 1.807) is 60.0 Å². The molecule has 1 heterocycles. The number of para-hydroxylation sites is 1. The average molecular weight is 527 g/mol. The molecule has 38 heavy (non-hydrogen) atoms. The van der Waals surface area contributed by atoms with Gasteiger partial charge in [-0.1, -0.05) is 30.3 Å². The summed E-state index contributed by atoms with van der Waals surface area (Å²) in [6, 6.07) is 23.5. The highest BCUT2D eigenvalue weighted by Crippen LogP contribution is 2.19. The Morgan fingerprint density at radius 2 is 1.63 bits per heavy atom. The number of esters is 1. The number of nitrogens with one attached hydrogen (secondary N) is 3. The van der Waals surface area contributed by atoms with Gasteiger partial charge in [-0.3, -0.25) is 14.4 Å². The van der Waals surface area contributed by atoms with Crippen LogP contribution in [0.15, 0.2) is 95.4 Å². The second-order valence-electron chi connectivity index (χ2n) is 7.96. The quantitative estimate of drug-likeness (QED) is 0.107. The zero-order chi connectivity index (χ0) is 26.9. The molecule has 9 nitrogen and oxygen atoms in total. The Morgan fingerprint density at radius 3 is 2.37 bits per heavy atom. The van der Waals surface area contributed by atoms with Crippen LogP contribution in [0.25, 0.3) is 0 Å². The molecule has 0 bridgehead atoms.